The summed E-state index contributed by atoms with van der Waals surface area (Å²) in [5, 5.41) is 2.66. The molecule has 0 unspecified atom stereocenters. The lowest BCUT2D eigenvalue weighted by Gasteiger charge is -2.15. The third-order valence-corrected chi connectivity index (χ3v) is 3.86. The molecule has 0 atom stereocenters. The summed E-state index contributed by atoms with van der Waals surface area (Å²) in [7, 11) is 5.70. The molecule has 1 heterocycles. The van der Waals surface area contributed by atoms with Gasteiger partial charge in [-0.3, -0.25) is 9.69 Å². The average Bonchev–Trinajstić information content (AvgIpc) is 2.84. The molecule has 0 fully saturated rings. The van der Waals surface area contributed by atoms with E-state index in [0.29, 0.717) is 5.56 Å². The van der Waals surface area contributed by atoms with Gasteiger partial charge in [-0.05, 0) is 31.2 Å². The predicted molar refractivity (Wildman–Crippen MR) is 80.4 cm³/mol. The van der Waals surface area contributed by atoms with Crippen molar-refractivity contribution in [2.75, 3.05) is 30.9 Å². The Morgan fingerprint density at radius 3 is 2.26 bits per heavy atom. The van der Waals surface area contributed by atoms with Crippen molar-refractivity contribution in [1.82, 2.24) is 4.98 Å². The van der Waals surface area contributed by atoms with Crippen LogP contribution in [0.2, 0.25) is 0 Å². The molecule has 1 aromatic heterocycles. The van der Waals surface area contributed by atoms with Crippen LogP contribution in [-0.4, -0.2) is 32.0 Å². The van der Waals surface area contributed by atoms with Crippen molar-refractivity contribution in [3.05, 3.63) is 40.9 Å². The van der Waals surface area contributed by atoms with Crippen molar-refractivity contribution in [1.29, 1.82) is 0 Å². The van der Waals surface area contributed by atoms with Crippen LogP contribution >= 0.6 is 11.3 Å². The fourth-order valence-corrected chi connectivity index (χ4v) is 2.44. The van der Waals surface area contributed by atoms with E-state index >= 15 is 0 Å². The summed E-state index contributed by atoms with van der Waals surface area (Å²) in [6.07, 6.45) is 0. The van der Waals surface area contributed by atoms with Gasteiger partial charge in [0, 0.05) is 37.8 Å². The van der Waals surface area contributed by atoms with Gasteiger partial charge in [0.1, 0.15) is 0 Å². The minimum atomic E-state index is -0.0420. The van der Waals surface area contributed by atoms with Crippen LogP contribution in [0, 0.1) is 6.92 Å². The van der Waals surface area contributed by atoms with Gasteiger partial charge in [0.15, 0.2) is 5.13 Å². The van der Waals surface area contributed by atoms with E-state index in [0.717, 1.165) is 16.5 Å². The minimum absolute atomic E-state index is 0.0420. The molecule has 2 rings (SSSR count). The minimum Gasteiger partial charge on any atom is -0.378 e. The number of hydrogen-bond acceptors (Lipinski definition) is 4. The molecule has 4 nitrogen and oxygen atoms in total. The standard InChI is InChI=1S/C14H17N3OS/c1-10-9-19-14(15-10)17(4)13(18)11-5-7-12(8-6-11)16(2)3/h5-9H,1-4H3. The van der Waals surface area contributed by atoms with Crippen LogP contribution in [0.3, 0.4) is 0 Å². The monoisotopic (exact) mass is 275 g/mol. The van der Waals surface area contributed by atoms with Gasteiger partial charge >= 0.3 is 0 Å². The summed E-state index contributed by atoms with van der Waals surface area (Å²) in [5.74, 6) is -0.0420. The molecule has 0 bridgehead atoms. The molecule has 0 spiro atoms. The van der Waals surface area contributed by atoms with Crippen LogP contribution in [0.25, 0.3) is 0 Å². The molecule has 100 valence electrons. The Labute approximate surface area is 117 Å². The number of rotatable bonds is 3. The maximum absolute atomic E-state index is 12.3. The van der Waals surface area contributed by atoms with Crippen molar-refractivity contribution < 1.29 is 4.79 Å². The zero-order valence-corrected chi connectivity index (χ0v) is 12.4. The first-order valence-corrected chi connectivity index (χ1v) is 6.84. The van der Waals surface area contributed by atoms with Crippen LogP contribution in [0.5, 0.6) is 0 Å². The van der Waals surface area contributed by atoms with Crippen LogP contribution in [0.4, 0.5) is 10.8 Å². The summed E-state index contributed by atoms with van der Waals surface area (Å²) in [5.41, 5.74) is 2.67. The quantitative estimate of drug-likeness (QED) is 0.864. The Hall–Kier alpha value is -1.88. The zero-order chi connectivity index (χ0) is 14.0. The highest BCUT2D eigenvalue weighted by molar-refractivity contribution is 7.14. The van der Waals surface area contributed by atoms with Gasteiger partial charge < -0.3 is 4.90 Å². The molecule has 0 saturated heterocycles. The van der Waals surface area contributed by atoms with Crippen LogP contribution in [-0.2, 0) is 0 Å². The van der Waals surface area contributed by atoms with Gasteiger partial charge in [-0.2, -0.15) is 0 Å². The first-order chi connectivity index (χ1) is 8.99. The van der Waals surface area contributed by atoms with E-state index < -0.39 is 0 Å². The number of carbonyl (C=O) groups excluding carboxylic acids is 1. The maximum atomic E-state index is 12.3. The van der Waals surface area contributed by atoms with Gasteiger partial charge in [-0.25, -0.2) is 4.98 Å². The molecular formula is C14H17N3OS. The molecule has 1 amide bonds. The highest BCUT2D eigenvalue weighted by Crippen LogP contribution is 2.21. The Bertz CT molecular complexity index is 575. The Kier molecular flexibility index (Phi) is 3.85. The lowest BCUT2D eigenvalue weighted by atomic mass is 10.2. The van der Waals surface area contributed by atoms with Gasteiger partial charge in [0.25, 0.3) is 5.91 Å². The fourth-order valence-electron chi connectivity index (χ4n) is 1.68. The first kappa shape index (κ1) is 13.5. The summed E-state index contributed by atoms with van der Waals surface area (Å²) in [6, 6.07) is 7.56. The molecule has 0 N–H and O–H groups in total. The smallest absolute Gasteiger partial charge is 0.259 e. The second kappa shape index (κ2) is 5.40. The lowest BCUT2D eigenvalue weighted by molar-refractivity contribution is 0.0993. The number of anilines is 2. The van der Waals surface area contributed by atoms with E-state index in [1.54, 1.807) is 11.9 Å². The van der Waals surface area contributed by atoms with Crippen molar-refractivity contribution in [2.45, 2.75) is 6.92 Å². The highest BCUT2D eigenvalue weighted by atomic mass is 32.1. The first-order valence-electron chi connectivity index (χ1n) is 5.96. The Morgan fingerprint density at radius 2 is 1.79 bits per heavy atom. The number of nitrogens with zero attached hydrogens (tertiary/aromatic N) is 3. The van der Waals surface area contributed by atoms with Crippen molar-refractivity contribution in [3.8, 4) is 0 Å². The number of thiazole rings is 1. The lowest BCUT2D eigenvalue weighted by Crippen LogP contribution is -2.26. The van der Waals surface area contributed by atoms with Crippen LogP contribution < -0.4 is 9.80 Å². The van der Waals surface area contributed by atoms with E-state index in [1.165, 1.54) is 11.3 Å². The van der Waals surface area contributed by atoms with Gasteiger partial charge in [-0.1, -0.05) is 0 Å². The number of aryl methyl sites for hydroxylation is 1. The van der Waals surface area contributed by atoms with Gasteiger partial charge in [0.2, 0.25) is 0 Å². The van der Waals surface area contributed by atoms with Crippen molar-refractivity contribution in [3.63, 3.8) is 0 Å². The normalized spacial score (nSPS) is 10.3. The highest BCUT2D eigenvalue weighted by Gasteiger charge is 2.15. The van der Waals surface area contributed by atoms with E-state index in [-0.39, 0.29) is 5.91 Å². The summed E-state index contributed by atoms with van der Waals surface area (Å²) < 4.78 is 0. The molecule has 0 radical (unpaired) electrons. The maximum Gasteiger partial charge on any atom is 0.259 e. The number of carbonyl (C=O) groups is 1. The molecule has 0 aliphatic rings. The Balaban J connectivity index is 2.19. The fraction of sp³-hybridized carbons (Fsp3) is 0.286. The molecule has 0 saturated carbocycles. The molecule has 1 aromatic carbocycles. The van der Waals surface area contributed by atoms with Crippen molar-refractivity contribution in [2.24, 2.45) is 0 Å². The molecule has 5 heteroatoms. The van der Waals surface area contributed by atoms with Crippen LogP contribution in [0.1, 0.15) is 16.1 Å². The zero-order valence-electron chi connectivity index (χ0n) is 11.5. The van der Waals surface area contributed by atoms with E-state index in [4.69, 9.17) is 0 Å². The molecule has 0 aliphatic carbocycles. The average molecular weight is 275 g/mol. The third-order valence-electron chi connectivity index (χ3n) is 2.83. The van der Waals surface area contributed by atoms with E-state index in [2.05, 4.69) is 4.98 Å². The number of amides is 1. The number of hydrogen-bond donors (Lipinski definition) is 0. The molecule has 0 aliphatic heterocycles. The van der Waals surface area contributed by atoms with Crippen molar-refractivity contribution >= 4 is 28.1 Å². The van der Waals surface area contributed by atoms with Crippen LogP contribution in [0.15, 0.2) is 29.6 Å². The predicted octanol–water partition coefficient (Wildman–Crippen LogP) is 2.79. The largest absolute Gasteiger partial charge is 0.378 e. The second-order valence-electron chi connectivity index (χ2n) is 4.58. The van der Waals surface area contributed by atoms with Gasteiger partial charge in [-0.15, -0.1) is 11.3 Å². The molecule has 2 aromatic rings. The summed E-state index contributed by atoms with van der Waals surface area (Å²) in [6.45, 7) is 1.92. The van der Waals surface area contributed by atoms with E-state index in [9.17, 15) is 4.79 Å². The Morgan fingerprint density at radius 1 is 1.16 bits per heavy atom. The molecule has 19 heavy (non-hydrogen) atoms. The number of aromatic nitrogens is 1. The van der Waals surface area contributed by atoms with Gasteiger partial charge in [0.05, 0.1) is 5.69 Å². The topological polar surface area (TPSA) is 36.4 Å². The number of benzene rings is 1. The third kappa shape index (κ3) is 2.93. The SMILES string of the molecule is Cc1csc(N(C)C(=O)c2ccc(N(C)C)cc2)n1. The van der Waals surface area contributed by atoms with E-state index in [1.807, 2.05) is 55.6 Å². The summed E-state index contributed by atoms with van der Waals surface area (Å²) in [4.78, 5) is 20.2. The summed E-state index contributed by atoms with van der Waals surface area (Å²) >= 11 is 1.47. The molecular weight excluding hydrogens is 258 g/mol. The second-order valence-corrected chi connectivity index (χ2v) is 5.41.